The van der Waals surface area contributed by atoms with E-state index in [4.69, 9.17) is 0 Å². The third-order valence-corrected chi connectivity index (χ3v) is 4.36. The molecule has 1 heterocycles. The highest BCUT2D eigenvalue weighted by Crippen LogP contribution is 2.25. The first-order valence-corrected chi connectivity index (χ1v) is 8.84. The van der Waals surface area contributed by atoms with Crippen LogP contribution in [0.15, 0.2) is 16.6 Å². The van der Waals surface area contributed by atoms with Gasteiger partial charge in [-0.2, -0.15) is 0 Å². The Hall–Kier alpha value is -2.03. The smallest absolute Gasteiger partial charge is 0.311 e. The van der Waals surface area contributed by atoms with Crippen LogP contribution < -0.4 is 10.6 Å². The second-order valence-corrected chi connectivity index (χ2v) is 8.04. The van der Waals surface area contributed by atoms with Crippen molar-refractivity contribution in [3.8, 4) is 0 Å². The van der Waals surface area contributed by atoms with Crippen molar-refractivity contribution in [1.82, 2.24) is 10.2 Å². The second-order valence-electron chi connectivity index (χ2n) is 7.18. The van der Waals surface area contributed by atoms with Gasteiger partial charge in [0.2, 0.25) is 5.91 Å². The standard InChI is InChI=1S/C17H20BrF2N3O3/c1-17(2,3)22-15(25)16(26)23-5-4-9(8-23)14(24)21-10-6-11(18)13(20)12(19)7-10/h6-7,9H,4-5,8H2,1-3H3,(H,21,24)(H,22,25)/t9-/m0/s1. The Morgan fingerprint density at radius 1 is 1.23 bits per heavy atom. The molecule has 1 aliphatic rings. The first kappa shape index (κ1) is 20.3. The maximum Gasteiger partial charge on any atom is 0.311 e. The van der Waals surface area contributed by atoms with Crippen LogP contribution in [0.1, 0.15) is 27.2 Å². The Balaban J connectivity index is 1.97. The number of rotatable bonds is 2. The van der Waals surface area contributed by atoms with Gasteiger partial charge in [-0.1, -0.05) is 0 Å². The van der Waals surface area contributed by atoms with Gasteiger partial charge < -0.3 is 15.5 Å². The number of hydrogen-bond acceptors (Lipinski definition) is 3. The van der Waals surface area contributed by atoms with Gasteiger partial charge in [-0.25, -0.2) is 8.78 Å². The molecule has 26 heavy (non-hydrogen) atoms. The summed E-state index contributed by atoms with van der Waals surface area (Å²) in [4.78, 5) is 37.7. The number of nitrogens with zero attached hydrogens (tertiary/aromatic N) is 1. The van der Waals surface area contributed by atoms with Crippen LogP contribution in [-0.4, -0.2) is 41.2 Å². The number of carbonyl (C=O) groups excluding carboxylic acids is 3. The Bertz CT molecular complexity index is 726. The summed E-state index contributed by atoms with van der Waals surface area (Å²) in [5.41, 5.74) is -0.431. The van der Waals surface area contributed by atoms with Gasteiger partial charge in [0.05, 0.1) is 10.4 Å². The van der Waals surface area contributed by atoms with E-state index in [0.717, 1.165) is 6.07 Å². The van der Waals surface area contributed by atoms with Crippen molar-refractivity contribution in [3.63, 3.8) is 0 Å². The first-order valence-electron chi connectivity index (χ1n) is 8.05. The molecule has 0 saturated carbocycles. The molecule has 0 radical (unpaired) electrons. The lowest BCUT2D eigenvalue weighted by atomic mass is 10.1. The molecule has 2 rings (SSSR count). The Morgan fingerprint density at radius 2 is 1.88 bits per heavy atom. The SMILES string of the molecule is CC(C)(C)NC(=O)C(=O)N1CC[C@H](C(=O)Nc2cc(F)c(F)c(Br)c2)C1. The monoisotopic (exact) mass is 431 g/mol. The highest BCUT2D eigenvalue weighted by atomic mass is 79.9. The van der Waals surface area contributed by atoms with Gasteiger partial charge >= 0.3 is 11.8 Å². The predicted octanol–water partition coefficient (Wildman–Crippen LogP) is 2.43. The number of hydrogen-bond donors (Lipinski definition) is 2. The minimum absolute atomic E-state index is 0.0904. The highest BCUT2D eigenvalue weighted by Gasteiger charge is 2.34. The third kappa shape index (κ3) is 5.00. The summed E-state index contributed by atoms with van der Waals surface area (Å²) in [5.74, 6) is -4.49. The van der Waals surface area contributed by atoms with Crippen molar-refractivity contribution in [2.75, 3.05) is 18.4 Å². The largest absolute Gasteiger partial charge is 0.343 e. The van der Waals surface area contributed by atoms with Crippen molar-refractivity contribution in [3.05, 3.63) is 28.2 Å². The summed E-state index contributed by atoms with van der Waals surface area (Å²) in [6.45, 7) is 5.65. The normalized spacial score (nSPS) is 17.2. The summed E-state index contributed by atoms with van der Waals surface area (Å²) < 4.78 is 26.6. The second kappa shape index (κ2) is 7.69. The summed E-state index contributed by atoms with van der Waals surface area (Å²) in [6.07, 6.45) is 0.380. The van der Waals surface area contributed by atoms with Gasteiger partial charge in [0.25, 0.3) is 0 Å². The minimum Gasteiger partial charge on any atom is -0.343 e. The number of benzene rings is 1. The maximum absolute atomic E-state index is 13.4. The molecule has 6 nitrogen and oxygen atoms in total. The molecule has 0 aromatic heterocycles. The van der Waals surface area contributed by atoms with Crippen molar-refractivity contribution in [2.45, 2.75) is 32.7 Å². The molecule has 3 amide bonds. The molecular weight excluding hydrogens is 412 g/mol. The van der Waals surface area contributed by atoms with Crippen LogP contribution in [-0.2, 0) is 14.4 Å². The summed E-state index contributed by atoms with van der Waals surface area (Å²) in [6, 6.07) is 2.14. The molecule has 9 heteroatoms. The maximum atomic E-state index is 13.4. The van der Waals surface area contributed by atoms with Crippen LogP contribution in [0, 0.1) is 17.6 Å². The van der Waals surface area contributed by atoms with Crippen LogP contribution in [0.25, 0.3) is 0 Å². The van der Waals surface area contributed by atoms with E-state index >= 15 is 0 Å². The van der Waals surface area contributed by atoms with E-state index < -0.39 is 40.8 Å². The van der Waals surface area contributed by atoms with Crippen molar-refractivity contribution in [1.29, 1.82) is 0 Å². The molecule has 1 atom stereocenters. The molecule has 0 unspecified atom stereocenters. The van der Waals surface area contributed by atoms with E-state index in [1.54, 1.807) is 20.8 Å². The average molecular weight is 432 g/mol. The van der Waals surface area contributed by atoms with Crippen molar-refractivity contribution >= 4 is 39.3 Å². The number of anilines is 1. The zero-order valence-corrected chi connectivity index (χ0v) is 16.2. The van der Waals surface area contributed by atoms with Crippen molar-refractivity contribution in [2.24, 2.45) is 5.92 Å². The lowest BCUT2D eigenvalue weighted by Crippen LogP contribution is -2.49. The molecule has 1 aliphatic heterocycles. The number of nitrogens with one attached hydrogen (secondary N) is 2. The summed E-state index contributed by atoms with van der Waals surface area (Å²) in [7, 11) is 0. The Kier molecular flexibility index (Phi) is 6.00. The van der Waals surface area contributed by atoms with Gasteiger partial charge in [0.1, 0.15) is 0 Å². The summed E-state index contributed by atoms with van der Waals surface area (Å²) in [5, 5.41) is 5.09. The topological polar surface area (TPSA) is 78.5 Å². The fourth-order valence-corrected chi connectivity index (χ4v) is 3.00. The molecule has 1 aromatic rings. The number of likely N-dealkylation sites (tertiary alicyclic amines) is 1. The number of halogens is 3. The number of carbonyl (C=O) groups is 3. The highest BCUT2D eigenvalue weighted by molar-refractivity contribution is 9.10. The lowest BCUT2D eigenvalue weighted by molar-refractivity contribution is -0.146. The molecule has 1 fully saturated rings. The van der Waals surface area contributed by atoms with E-state index in [0.29, 0.717) is 6.42 Å². The van der Waals surface area contributed by atoms with Crippen LogP contribution >= 0.6 is 15.9 Å². The minimum atomic E-state index is -1.09. The van der Waals surface area contributed by atoms with E-state index in [1.807, 2.05) is 0 Å². The van der Waals surface area contributed by atoms with Gasteiger partial charge in [0.15, 0.2) is 11.6 Å². The van der Waals surface area contributed by atoms with Gasteiger partial charge in [-0.05, 0) is 49.2 Å². The average Bonchev–Trinajstić information content (AvgIpc) is 3.00. The van der Waals surface area contributed by atoms with E-state index in [9.17, 15) is 23.2 Å². The fourth-order valence-electron chi connectivity index (χ4n) is 2.57. The van der Waals surface area contributed by atoms with Crippen LogP contribution in [0.4, 0.5) is 14.5 Å². The molecule has 0 spiro atoms. The molecule has 1 saturated heterocycles. The zero-order valence-electron chi connectivity index (χ0n) is 14.7. The molecule has 0 bridgehead atoms. The van der Waals surface area contributed by atoms with E-state index in [2.05, 4.69) is 26.6 Å². The van der Waals surface area contributed by atoms with E-state index in [-0.39, 0.29) is 23.2 Å². The van der Waals surface area contributed by atoms with Crippen molar-refractivity contribution < 1.29 is 23.2 Å². The van der Waals surface area contributed by atoms with E-state index in [1.165, 1.54) is 11.0 Å². The van der Waals surface area contributed by atoms with Gasteiger partial charge in [0, 0.05) is 30.4 Å². The fraction of sp³-hybridized carbons (Fsp3) is 0.471. The lowest BCUT2D eigenvalue weighted by Gasteiger charge is -2.22. The number of amides is 3. The third-order valence-electron chi connectivity index (χ3n) is 3.78. The van der Waals surface area contributed by atoms with Crippen LogP contribution in [0.5, 0.6) is 0 Å². The van der Waals surface area contributed by atoms with Gasteiger partial charge in [-0.3, -0.25) is 14.4 Å². The Labute approximate surface area is 158 Å². The first-order chi connectivity index (χ1) is 12.0. The molecule has 1 aromatic carbocycles. The van der Waals surface area contributed by atoms with Crippen LogP contribution in [0.2, 0.25) is 0 Å². The van der Waals surface area contributed by atoms with Gasteiger partial charge in [-0.15, -0.1) is 0 Å². The molecular formula is C17H20BrF2N3O3. The van der Waals surface area contributed by atoms with Crippen LogP contribution in [0.3, 0.4) is 0 Å². The quantitative estimate of drug-likeness (QED) is 0.557. The Morgan fingerprint density at radius 3 is 2.46 bits per heavy atom. The molecule has 2 N–H and O–H groups in total. The predicted molar refractivity (Wildman–Crippen MR) is 95.3 cm³/mol. The summed E-state index contributed by atoms with van der Waals surface area (Å²) >= 11 is 2.88. The molecule has 142 valence electrons. The zero-order chi connectivity index (χ0) is 19.6. The molecule has 0 aliphatic carbocycles.